The molecule has 0 unspecified atom stereocenters. The largest absolute Gasteiger partial charge is 0.456 e. The minimum atomic E-state index is -1.23. The van der Waals surface area contributed by atoms with Crippen molar-refractivity contribution < 1.29 is 48.3 Å². The fourth-order valence-corrected chi connectivity index (χ4v) is 5.98. The molecular formula is C50H32O. The Morgan fingerprint density at radius 1 is 0.275 bits per heavy atom. The van der Waals surface area contributed by atoms with E-state index in [0.717, 1.165) is 0 Å². The summed E-state index contributed by atoms with van der Waals surface area (Å²) in [6.45, 7) is 0. The lowest BCUT2D eigenvalue weighted by Crippen LogP contribution is -1.93. The fraction of sp³-hybridized carbons (Fsp3) is 0. The number of rotatable bonds is 5. The van der Waals surface area contributed by atoms with Crippen molar-refractivity contribution in [2.45, 2.75) is 0 Å². The van der Waals surface area contributed by atoms with Gasteiger partial charge in [0.05, 0.1) is 43.9 Å². The van der Waals surface area contributed by atoms with Crippen LogP contribution in [-0.2, 0) is 0 Å². The molecule has 1 heteroatoms. The number of benzene rings is 9. The van der Waals surface area contributed by atoms with E-state index in [2.05, 4.69) is 0 Å². The molecule has 1 heterocycles. The second-order valence-corrected chi connectivity index (χ2v) is 10.8. The van der Waals surface area contributed by atoms with E-state index in [0.29, 0.717) is 0 Å². The minimum absolute atomic E-state index is 0.548. The number of fused-ring (bicyclic) bond motifs is 5. The quantitative estimate of drug-likeness (QED) is 0.165. The Labute approximate surface area is 341 Å². The highest BCUT2D eigenvalue weighted by molar-refractivity contribution is 6.23. The average Bonchev–Trinajstić information content (AvgIpc) is 1.39. The first-order valence-electron chi connectivity index (χ1n) is 30.9. The highest BCUT2D eigenvalue weighted by Crippen LogP contribution is 2.48. The standard InChI is InChI=1S/C50H32O/c1-2-15-33(16-3-1)36-17-4-5-18-37(36)34-29-31-35(32-30-34)48-41-21-8-10-23-43(41)49(44-24-11-9-22-42(44)48)39-20-7-6-19-38(39)40-26-14-28-47-50(40)45-25-12-13-27-46(45)51-47/h1-32H/i1D,2D,3D,4D,5D,6D,7D,8D,9D,10D,11D,12D,13D,14D,15D,16D,17D,18D,19D,20D,21D,22D,23D,24D,25D,26D,27D,28D,29D,30D,31D,32D. The topological polar surface area (TPSA) is 13.1 Å². The lowest BCUT2D eigenvalue weighted by Gasteiger charge is -2.20. The van der Waals surface area contributed by atoms with Crippen molar-refractivity contribution in [3.05, 3.63) is 193 Å². The summed E-state index contributed by atoms with van der Waals surface area (Å²) in [6.07, 6.45) is 0. The maximum absolute atomic E-state index is 9.71. The molecule has 0 amide bonds. The smallest absolute Gasteiger partial charge is 0.136 e. The van der Waals surface area contributed by atoms with E-state index in [1.807, 2.05) is 0 Å². The molecule has 0 N–H and O–H groups in total. The van der Waals surface area contributed by atoms with Crippen LogP contribution in [0.2, 0.25) is 0 Å². The van der Waals surface area contributed by atoms with Crippen molar-refractivity contribution in [2.75, 3.05) is 0 Å². The Kier molecular flexibility index (Phi) is 2.69. The molecule has 1 aromatic heterocycles. The van der Waals surface area contributed by atoms with Gasteiger partial charge >= 0.3 is 0 Å². The zero-order chi connectivity index (χ0) is 61.6. The van der Waals surface area contributed by atoms with Gasteiger partial charge < -0.3 is 4.42 Å². The normalized spacial score (nSPS) is 20.3. The zero-order valence-corrected chi connectivity index (χ0v) is 25.4. The van der Waals surface area contributed by atoms with Crippen molar-refractivity contribution in [3.8, 4) is 55.6 Å². The Balaban J connectivity index is 1.48. The van der Waals surface area contributed by atoms with Crippen LogP contribution in [0.5, 0.6) is 0 Å². The van der Waals surface area contributed by atoms with Crippen LogP contribution in [0, 0.1) is 0 Å². The second-order valence-electron chi connectivity index (χ2n) is 10.8. The summed E-state index contributed by atoms with van der Waals surface area (Å²) in [5.41, 5.74) is -10.3. The first-order valence-corrected chi connectivity index (χ1v) is 14.9. The van der Waals surface area contributed by atoms with Crippen molar-refractivity contribution in [2.24, 2.45) is 0 Å². The van der Waals surface area contributed by atoms with Gasteiger partial charge in [0.25, 0.3) is 0 Å². The number of para-hydroxylation sites is 1. The molecule has 9 aromatic carbocycles. The lowest BCUT2D eigenvalue weighted by molar-refractivity contribution is 0.669. The van der Waals surface area contributed by atoms with Crippen LogP contribution in [-0.4, -0.2) is 0 Å². The van der Waals surface area contributed by atoms with Crippen LogP contribution >= 0.6 is 0 Å². The molecule has 0 fully saturated rings. The summed E-state index contributed by atoms with van der Waals surface area (Å²) in [7, 11) is 0. The fourth-order valence-electron chi connectivity index (χ4n) is 5.98. The molecule has 10 rings (SSSR count). The van der Waals surface area contributed by atoms with Crippen molar-refractivity contribution in [1.29, 1.82) is 0 Å². The SMILES string of the molecule is [2H]c1c([2H])c([2H])c(-c2c([2H])c([2H])c([2H])c([2H])c2-c2c([2H])c([2H])c(-c3c4c([2H])c([2H])c([2H])c([2H])c4c(-c4c([2H])c([2H])c([2H])c([2H])c4-c4c([2H])c([2H])c([2H])c5oc6c([2H])c([2H])c([2H])c([2H])c6c45)c4c([2H])c([2H])c([2H])c([2H])c34)c([2H])c2[2H])c([2H])c1[2H]. The van der Waals surface area contributed by atoms with E-state index in [1.54, 1.807) is 0 Å². The van der Waals surface area contributed by atoms with Gasteiger partial charge in [-0.3, -0.25) is 0 Å². The molecule has 0 aliphatic heterocycles. The highest BCUT2D eigenvalue weighted by atomic mass is 16.3. The zero-order valence-electron chi connectivity index (χ0n) is 57.4. The maximum atomic E-state index is 9.71. The van der Waals surface area contributed by atoms with E-state index < -0.39 is 292 Å². The molecular weight excluding hydrogens is 617 g/mol. The monoisotopic (exact) mass is 680 g/mol. The Hall–Kier alpha value is -6.70. The molecule has 1 nitrogen and oxygen atoms in total. The Morgan fingerprint density at radius 3 is 1.35 bits per heavy atom. The molecule has 51 heavy (non-hydrogen) atoms. The summed E-state index contributed by atoms with van der Waals surface area (Å²) >= 11 is 0. The third-order valence-corrected chi connectivity index (χ3v) is 8.07. The Morgan fingerprint density at radius 2 is 0.706 bits per heavy atom. The minimum Gasteiger partial charge on any atom is -0.456 e. The predicted molar refractivity (Wildman–Crippen MR) is 216 cm³/mol. The number of furan rings is 1. The summed E-state index contributed by atoms with van der Waals surface area (Å²) in [5, 5.41) is -4.69. The van der Waals surface area contributed by atoms with Crippen LogP contribution in [0.4, 0.5) is 0 Å². The van der Waals surface area contributed by atoms with Crippen molar-refractivity contribution in [1.82, 2.24) is 0 Å². The van der Waals surface area contributed by atoms with E-state index in [9.17, 15) is 15.1 Å². The molecule has 238 valence electrons. The van der Waals surface area contributed by atoms with E-state index in [1.165, 1.54) is 0 Å². The van der Waals surface area contributed by atoms with Crippen LogP contribution in [0.15, 0.2) is 198 Å². The highest BCUT2D eigenvalue weighted by Gasteiger charge is 2.21. The summed E-state index contributed by atoms with van der Waals surface area (Å²) in [4.78, 5) is 0. The van der Waals surface area contributed by atoms with Gasteiger partial charge in [0.1, 0.15) is 11.2 Å². The summed E-state index contributed by atoms with van der Waals surface area (Å²) in [5.74, 6) is 0. The number of hydrogen-bond donors (Lipinski definition) is 0. The molecule has 0 bridgehead atoms. The van der Waals surface area contributed by atoms with Crippen LogP contribution < -0.4 is 0 Å². The summed E-state index contributed by atoms with van der Waals surface area (Å²) < 4.78 is 295. The lowest BCUT2D eigenvalue weighted by atomic mass is 9.83. The van der Waals surface area contributed by atoms with Gasteiger partial charge in [0.15, 0.2) is 0 Å². The third kappa shape index (κ3) is 4.78. The van der Waals surface area contributed by atoms with E-state index in [4.69, 9.17) is 33.2 Å². The van der Waals surface area contributed by atoms with Gasteiger partial charge in [0.2, 0.25) is 0 Å². The molecule has 0 saturated carbocycles. The summed E-state index contributed by atoms with van der Waals surface area (Å²) in [6, 6.07) is -33.4. The third-order valence-electron chi connectivity index (χ3n) is 8.07. The molecule has 0 aliphatic rings. The molecule has 0 radical (unpaired) electrons. The second kappa shape index (κ2) is 12.0. The van der Waals surface area contributed by atoms with Crippen molar-refractivity contribution in [3.63, 3.8) is 0 Å². The van der Waals surface area contributed by atoms with Crippen LogP contribution in [0.1, 0.15) is 43.9 Å². The van der Waals surface area contributed by atoms with Crippen LogP contribution in [0.3, 0.4) is 0 Å². The number of hydrogen-bond acceptors (Lipinski definition) is 1. The van der Waals surface area contributed by atoms with Crippen LogP contribution in [0.25, 0.3) is 99.1 Å². The Bertz CT molecular complexity index is 4610. The first kappa shape index (κ1) is 11.4. The van der Waals surface area contributed by atoms with Gasteiger partial charge in [-0.2, -0.15) is 0 Å². The van der Waals surface area contributed by atoms with E-state index in [-0.39, 0.29) is 0 Å². The molecule has 0 atom stereocenters. The van der Waals surface area contributed by atoms with Gasteiger partial charge in [-0.05, 0) is 89.3 Å². The molecule has 10 aromatic rings. The molecule has 0 aliphatic carbocycles. The van der Waals surface area contributed by atoms with Gasteiger partial charge in [-0.1, -0.05) is 181 Å². The molecule has 0 saturated heterocycles. The predicted octanol–water partition coefficient (Wildman–Crippen LogP) is 14.2. The van der Waals surface area contributed by atoms with Gasteiger partial charge in [-0.15, -0.1) is 0 Å². The van der Waals surface area contributed by atoms with E-state index >= 15 is 0 Å². The molecule has 0 spiro atoms. The van der Waals surface area contributed by atoms with Crippen molar-refractivity contribution >= 4 is 43.5 Å². The average molecular weight is 681 g/mol. The maximum Gasteiger partial charge on any atom is 0.136 e. The first-order chi connectivity index (χ1) is 38.6. The van der Waals surface area contributed by atoms with Gasteiger partial charge in [-0.25, -0.2) is 0 Å². The van der Waals surface area contributed by atoms with Gasteiger partial charge in [0, 0.05) is 10.8 Å².